The second-order valence-corrected chi connectivity index (χ2v) is 11.9. The topological polar surface area (TPSA) is 95.9 Å². The minimum absolute atomic E-state index is 0.0972. The number of hydrogen-bond donors (Lipinski definition) is 2. The lowest BCUT2D eigenvalue weighted by Gasteiger charge is -2.19. The maximum absolute atomic E-state index is 12.8. The number of hydrogen-bond acceptors (Lipinski definition) is 7. The standard InChI is InChI=1S/C26H30N2O5S3/c1-26(2,3)33-24(32)27-15-17-8-10-18(11-9-17)19-13-20(35-16-19)14-21-23(31)28(25(34)36-21)12-6-4-5-7-22(29)30/h8-11,13-14,16H,4-7,12,15H2,1-3H3,(H,27,32)(H,29,30)/b21-14-. The van der Waals surface area contributed by atoms with Crippen LogP contribution in [-0.2, 0) is 20.9 Å². The van der Waals surface area contributed by atoms with Gasteiger partial charge in [0.1, 0.15) is 9.92 Å². The van der Waals surface area contributed by atoms with E-state index in [9.17, 15) is 14.4 Å². The lowest BCUT2D eigenvalue weighted by atomic mass is 10.1. The average Bonchev–Trinajstić information content (AvgIpc) is 3.36. The van der Waals surface area contributed by atoms with Gasteiger partial charge in [-0.05, 0) is 67.8 Å². The summed E-state index contributed by atoms with van der Waals surface area (Å²) in [5.41, 5.74) is 2.52. The van der Waals surface area contributed by atoms with Crippen LogP contribution < -0.4 is 5.32 Å². The molecule has 1 aromatic heterocycles. The zero-order valence-electron chi connectivity index (χ0n) is 20.5. The maximum atomic E-state index is 12.8. The Balaban J connectivity index is 1.55. The lowest BCUT2D eigenvalue weighted by Crippen LogP contribution is -2.32. The molecule has 1 fully saturated rings. The Hall–Kier alpha value is -2.69. The first-order valence-electron chi connectivity index (χ1n) is 11.6. The van der Waals surface area contributed by atoms with Crippen molar-refractivity contribution in [1.82, 2.24) is 10.2 Å². The molecule has 2 heterocycles. The van der Waals surface area contributed by atoms with Gasteiger partial charge in [0.25, 0.3) is 5.91 Å². The van der Waals surface area contributed by atoms with Crippen molar-refractivity contribution in [2.75, 3.05) is 6.54 Å². The van der Waals surface area contributed by atoms with E-state index < -0.39 is 17.7 Å². The van der Waals surface area contributed by atoms with Crippen molar-refractivity contribution in [3.63, 3.8) is 0 Å². The zero-order valence-corrected chi connectivity index (χ0v) is 23.0. The van der Waals surface area contributed by atoms with Crippen molar-refractivity contribution >= 4 is 63.7 Å². The average molecular weight is 547 g/mol. The van der Waals surface area contributed by atoms with E-state index >= 15 is 0 Å². The van der Waals surface area contributed by atoms with E-state index in [4.69, 9.17) is 22.1 Å². The van der Waals surface area contributed by atoms with Crippen molar-refractivity contribution in [3.8, 4) is 11.1 Å². The number of nitrogens with one attached hydrogen (secondary N) is 1. The van der Waals surface area contributed by atoms with Crippen LogP contribution in [0.4, 0.5) is 4.79 Å². The summed E-state index contributed by atoms with van der Waals surface area (Å²) in [4.78, 5) is 38.4. The van der Waals surface area contributed by atoms with Gasteiger partial charge in [0.15, 0.2) is 0 Å². The minimum atomic E-state index is -0.801. The van der Waals surface area contributed by atoms with Crippen molar-refractivity contribution in [2.24, 2.45) is 0 Å². The molecular formula is C26H30N2O5S3. The molecule has 192 valence electrons. The Morgan fingerprint density at radius 1 is 1.14 bits per heavy atom. The SMILES string of the molecule is CC(C)(C)OC(=O)NCc1ccc(-c2csc(/C=C3\SC(=S)N(CCCCCC(=O)O)C3=O)c2)cc1. The number of aliphatic carboxylic acids is 1. The Morgan fingerprint density at radius 3 is 2.53 bits per heavy atom. The number of nitrogens with zero attached hydrogens (tertiary/aromatic N) is 1. The summed E-state index contributed by atoms with van der Waals surface area (Å²) >= 11 is 8.24. The fourth-order valence-corrected chi connectivity index (χ4v) is 5.65. The van der Waals surface area contributed by atoms with Gasteiger partial charge in [-0.25, -0.2) is 4.79 Å². The van der Waals surface area contributed by atoms with Gasteiger partial charge in [-0.15, -0.1) is 11.3 Å². The molecule has 0 saturated carbocycles. The van der Waals surface area contributed by atoms with Gasteiger partial charge >= 0.3 is 12.1 Å². The molecule has 0 radical (unpaired) electrons. The Kier molecular flexibility index (Phi) is 9.69. The first-order valence-corrected chi connectivity index (χ1v) is 13.7. The van der Waals surface area contributed by atoms with Gasteiger partial charge in [0.2, 0.25) is 0 Å². The van der Waals surface area contributed by atoms with E-state index in [2.05, 4.69) is 5.32 Å². The van der Waals surface area contributed by atoms with Gasteiger partial charge in [-0.3, -0.25) is 14.5 Å². The smallest absolute Gasteiger partial charge is 0.407 e. The number of rotatable bonds is 10. The second-order valence-electron chi connectivity index (χ2n) is 9.33. The normalized spacial score (nSPS) is 15.0. The third kappa shape index (κ3) is 8.46. The van der Waals surface area contributed by atoms with Crippen LogP contribution in [0.25, 0.3) is 17.2 Å². The van der Waals surface area contributed by atoms with Crippen molar-refractivity contribution < 1.29 is 24.2 Å². The van der Waals surface area contributed by atoms with Gasteiger partial charge in [-0.2, -0.15) is 0 Å². The largest absolute Gasteiger partial charge is 0.481 e. The molecule has 2 amide bonds. The second kappa shape index (κ2) is 12.5. The van der Waals surface area contributed by atoms with E-state index in [1.807, 2.05) is 62.6 Å². The highest BCUT2D eigenvalue weighted by atomic mass is 32.2. The highest BCUT2D eigenvalue weighted by Crippen LogP contribution is 2.35. The molecule has 10 heteroatoms. The van der Waals surface area contributed by atoms with E-state index in [-0.39, 0.29) is 12.3 Å². The molecular weight excluding hydrogens is 516 g/mol. The molecule has 0 unspecified atom stereocenters. The Bertz CT molecular complexity index is 1150. The highest BCUT2D eigenvalue weighted by Gasteiger charge is 2.31. The molecule has 1 aromatic carbocycles. The van der Waals surface area contributed by atoms with Crippen LogP contribution in [0.5, 0.6) is 0 Å². The number of carboxylic acids is 1. The highest BCUT2D eigenvalue weighted by molar-refractivity contribution is 8.26. The molecule has 0 bridgehead atoms. The number of benzene rings is 1. The fourth-order valence-electron chi connectivity index (χ4n) is 3.43. The van der Waals surface area contributed by atoms with Crippen LogP contribution in [0.1, 0.15) is 56.9 Å². The quantitative estimate of drug-likeness (QED) is 0.205. The van der Waals surface area contributed by atoms with Gasteiger partial charge in [-0.1, -0.05) is 54.7 Å². The number of carbonyl (C=O) groups excluding carboxylic acids is 2. The van der Waals surface area contributed by atoms with Crippen molar-refractivity contribution in [1.29, 1.82) is 0 Å². The number of alkyl carbamates (subject to hydrolysis) is 1. The van der Waals surface area contributed by atoms with E-state index in [1.54, 1.807) is 16.2 Å². The van der Waals surface area contributed by atoms with Gasteiger partial charge in [0.05, 0.1) is 4.91 Å². The number of ether oxygens (including phenoxy) is 1. The van der Waals surface area contributed by atoms with E-state index in [1.165, 1.54) is 11.8 Å². The molecule has 0 aliphatic carbocycles. The lowest BCUT2D eigenvalue weighted by molar-refractivity contribution is -0.137. The molecule has 1 aliphatic rings. The number of carboxylic acid groups (broad SMARTS) is 1. The summed E-state index contributed by atoms with van der Waals surface area (Å²) in [5, 5.41) is 13.5. The predicted octanol–water partition coefficient (Wildman–Crippen LogP) is 6.29. The number of thiophene rings is 1. The van der Waals surface area contributed by atoms with Crippen LogP contribution in [0.15, 0.2) is 40.6 Å². The summed E-state index contributed by atoms with van der Waals surface area (Å²) in [6.07, 6.45) is 3.63. The predicted molar refractivity (Wildman–Crippen MR) is 149 cm³/mol. The maximum Gasteiger partial charge on any atom is 0.407 e. The summed E-state index contributed by atoms with van der Waals surface area (Å²) < 4.78 is 5.80. The number of thiocarbonyl (C=S) groups is 1. The molecule has 0 spiro atoms. The summed E-state index contributed by atoms with van der Waals surface area (Å²) in [5.74, 6) is -0.898. The fraction of sp³-hybridized carbons (Fsp3) is 0.385. The van der Waals surface area contributed by atoms with Crippen LogP contribution in [0, 0.1) is 0 Å². The minimum Gasteiger partial charge on any atom is -0.481 e. The molecule has 0 atom stereocenters. The number of unbranched alkanes of at least 4 members (excludes halogenated alkanes) is 2. The van der Waals surface area contributed by atoms with Crippen LogP contribution in [0.2, 0.25) is 0 Å². The summed E-state index contributed by atoms with van der Waals surface area (Å²) in [7, 11) is 0. The van der Waals surface area contributed by atoms with E-state index in [0.29, 0.717) is 28.7 Å². The third-order valence-corrected chi connectivity index (χ3v) is 7.42. The van der Waals surface area contributed by atoms with Gasteiger partial charge in [0, 0.05) is 24.4 Å². The molecule has 36 heavy (non-hydrogen) atoms. The molecule has 2 aromatic rings. The monoisotopic (exact) mass is 546 g/mol. The molecule has 2 N–H and O–H groups in total. The first kappa shape index (κ1) is 27.9. The van der Waals surface area contributed by atoms with E-state index in [0.717, 1.165) is 34.4 Å². The van der Waals surface area contributed by atoms with Crippen LogP contribution >= 0.6 is 35.3 Å². The Morgan fingerprint density at radius 2 is 1.86 bits per heavy atom. The molecule has 1 saturated heterocycles. The Labute approximate surface area is 224 Å². The molecule has 3 rings (SSSR count). The van der Waals surface area contributed by atoms with Gasteiger partial charge < -0.3 is 15.2 Å². The summed E-state index contributed by atoms with van der Waals surface area (Å²) in [6, 6.07) is 9.97. The first-order chi connectivity index (χ1) is 17.0. The van der Waals surface area contributed by atoms with Crippen LogP contribution in [-0.4, -0.2) is 44.4 Å². The third-order valence-electron chi connectivity index (χ3n) is 5.16. The molecule has 1 aliphatic heterocycles. The van der Waals surface area contributed by atoms with Crippen molar-refractivity contribution in [2.45, 2.75) is 58.6 Å². The van der Waals surface area contributed by atoms with Crippen molar-refractivity contribution in [3.05, 3.63) is 51.1 Å². The van der Waals surface area contributed by atoms with Crippen LogP contribution in [0.3, 0.4) is 0 Å². The molecule has 7 nitrogen and oxygen atoms in total. The zero-order chi connectivity index (χ0) is 26.3. The number of thioether (sulfide) groups is 1. The summed E-state index contributed by atoms with van der Waals surface area (Å²) in [6.45, 7) is 6.36. The number of carbonyl (C=O) groups is 3. The number of amides is 2.